The summed E-state index contributed by atoms with van der Waals surface area (Å²) >= 11 is 6.09. The SMILES string of the molecule is NC(=O)C1CCC(n2c(Nc3c(F)cc(F)cc3Cl)nc3cnc(NC4CCC(F)(F)C4)nc32)CC1. The summed E-state index contributed by atoms with van der Waals surface area (Å²) in [6.07, 6.45) is 3.50. The van der Waals surface area contributed by atoms with Crippen LogP contribution in [0.1, 0.15) is 51.0 Å². The number of amides is 1. The van der Waals surface area contributed by atoms with Crippen molar-refractivity contribution < 1.29 is 22.4 Å². The molecule has 2 aliphatic rings. The Morgan fingerprint density at radius 1 is 1.14 bits per heavy atom. The normalized spacial score (nSPS) is 23.6. The number of hydrogen-bond acceptors (Lipinski definition) is 6. The van der Waals surface area contributed by atoms with Crippen molar-refractivity contribution in [1.29, 1.82) is 0 Å². The predicted molar refractivity (Wildman–Crippen MR) is 126 cm³/mol. The molecule has 4 N–H and O–H groups in total. The molecule has 5 rings (SSSR count). The predicted octanol–water partition coefficient (Wildman–Crippen LogP) is 5.32. The lowest BCUT2D eigenvalue weighted by Crippen LogP contribution is -2.29. The minimum Gasteiger partial charge on any atom is -0.369 e. The van der Waals surface area contributed by atoms with E-state index in [1.165, 1.54) is 6.20 Å². The molecule has 0 aliphatic heterocycles. The maximum Gasteiger partial charge on any atom is 0.250 e. The fourth-order valence-electron chi connectivity index (χ4n) is 5.04. The highest BCUT2D eigenvalue weighted by Crippen LogP contribution is 2.39. The van der Waals surface area contributed by atoms with Gasteiger partial charge in [0, 0.05) is 36.9 Å². The Labute approximate surface area is 208 Å². The average molecular weight is 526 g/mol. The van der Waals surface area contributed by atoms with E-state index < -0.39 is 23.6 Å². The van der Waals surface area contributed by atoms with E-state index in [4.69, 9.17) is 17.3 Å². The van der Waals surface area contributed by atoms with Gasteiger partial charge in [0.2, 0.25) is 23.7 Å². The smallest absolute Gasteiger partial charge is 0.250 e. The van der Waals surface area contributed by atoms with Gasteiger partial charge in [0.05, 0.1) is 16.9 Å². The second-order valence-electron chi connectivity index (χ2n) is 9.43. The maximum absolute atomic E-state index is 14.5. The molecule has 0 saturated heterocycles. The summed E-state index contributed by atoms with van der Waals surface area (Å²) in [4.78, 5) is 24.9. The quantitative estimate of drug-likeness (QED) is 0.376. The van der Waals surface area contributed by atoms with Crippen LogP contribution in [0.4, 0.5) is 35.1 Å². The highest BCUT2D eigenvalue weighted by molar-refractivity contribution is 6.33. The van der Waals surface area contributed by atoms with Crippen molar-refractivity contribution in [3.05, 3.63) is 35.0 Å². The van der Waals surface area contributed by atoms with Crippen molar-refractivity contribution in [1.82, 2.24) is 19.5 Å². The Hall–Kier alpha value is -3.15. The van der Waals surface area contributed by atoms with Crippen LogP contribution < -0.4 is 16.4 Å². The van der Waals surface area contributed by atoms with Crippen molar-refractivity contribution in [2.45, 2.75) is 63.0 Å². The Balaban J connectivity index is 1.52. The fourth-order valence-corrected chi connectivity index (χ4v) is 5.28. The molecule has 2 fully saturated rings. The lowest BCUT2D eigenvalue weighted by atomic mass is 9.85. The molecule has 0 radical (unpaired) electrons. The van der Waals surface area contributed by atoms with Gasteiger partial charge < -0.3 is 16.4 Å². The van der Waals surface area contributed by atoms with Gasteiger partial charge in [0.25, 0.3) is 0 Å². The molecular formula is C23H24ClF4N7O. The van der Waals surface area contributed by atoms with Gasteiger partial charge in [-0.05, 0) is 38.2 Å². The number of aromatic nitrogens is 4. The molecule has 2 aromatic heterocycles. The number of nitrogens with one attached hydrogen (secondary N) is 2. The van der Waals surface area contributed by atoms with Crippen molar-refractivity contribution in [2.75, 3.05) is 10.6 Å². The molecule has 0 bridgehead atoms. The number of benzene rings is 1. The van der Waals surface area contributed by atoms with E-state index in [2.05, 4.69) is 25.6 Å². The molecular weight excluding hydrogens is 502 g/mol. The minimum atomic E-state index is -2.72. The molecule has 1 atom stereocenters. The summed E-state index contributed by atoms with van der Waals surface area (Å²) in [5.41, 5.74) is 6.11. The largest absolute Gasteiger partial charge is 0.369 e. The number of carbonyl (C=O) groups is 1. The number of primary amides is 1. The molecule has 0 spiro atoms. The van der Waals surface area contributed by atoms with Gasteiger partial charge in [0.1, 0.15) is 11.3 Å². The number of halogens is 5. The van der Waals surface area contributed by atoms with Gasteiger partial charge in [-0.3, -0.25) is 9.36 Å². The van der Waals surface area contributed by atoms with Crippen molar-refractivity contribution >= 4 is 46.3 Å². The Bertz CT molecular complexity index is 1290. The second kappa shape index (κ2) is 9.38. The van der Waals surface area contributed by atoms with Crippen LogP contribution in [0.2, 0.25) is 5.02 Å². The molecule has 1 amide bonds. The highest BCUT2D eigenvalue weighted by Gasteiger charge is 2.39. The van der Waals surface area contributed by atoms with Crippen LogP contribution in [0.15, 0.2) is 18.3 Å². The zero-order valence-corrected chi connectivity index (χ0v) is 19.8. The van der Waals surface area contributed by atoms with Crippen LogP contribution in [0.25, 0.3) is 11.2 Å². The first-order valence-corrected chi connectivity index (χ1v) is 12.1. The lowest BCUT2D eigenvalue weighted by molar-refractivity contribution is -0.122. The standard InChI is InChI=1S/C23H24ClF4N7O/c24-15-7-12(25)8-16(26)18(15)33-22-32-17-10-30-21(31-13-5-6-23(27,28)9-13)34-20(17)35(22)14-3-1-11(2-4-14)19(29)36/h7-8,10-11,13-14H,1-6,9H2,(H2,29,36)(H,32,33)(H,30,31,34). The number of carbonyl (C=O) groups excluding carboxylic acids is 1. The first-order chi connectivity index (χ1) is 17.1. The third-order valence-corrected chi connectivity index (χ3v) is 7.18. The van der Waals surface area contributed by atoms with E-state index in [-0.39, 0.29) is 53.3 Å². The van der Waals surface area contributed by atoms with Crippen LogP contribution >= 0.6 is 11.6 Å². The molecule has 1 unspecified atom stereocenters. The number of alkyl halides is 2. The van der Waals surface area contributed by atoms with Gasteiger partial charge in [-0.1, -0.05) is 11.6 Å². The summed E-state index contributed by atoms with van der Waals surface area (Å²) in [7, 11) is 0. The number of anilines is 3. The monoisotopic (exact) mass is 525 g/mol. The van der Waals surface area contributed by atoms with E-state index in [1.807, 2.05) is 0 Å². The summed E-state index contributed by atoms with van der Waals surface area (Å²) in [5.74, 6) is -4.66. The van der Waals surface area contributed by atoms with Crippen LogP contribution in [0.5, 0.6) is 0 Å². The maximum atomic E-state index is 14.5. The lowest BCUT2D eigenvalue weighted by Gasteiger charge is -2.29. The van der Waals surface area contributed by atoms with Crippen LogP contribution in [0.3, 0.4) is 0 Å². The van der Waals surface area contributed by atoms with E-state index in [0.29, 0.717) is 49.3 Å². The third kappa shape index (κ3) is 4.91. The molecule has 1 aromatic carbocycles. The van der Waals surface area contributed by atoms with Crippen molar-refractivity contribution in [2.24, 2.45) is 11.7 Å². The topological polar surface area (TPSA) is 111 Å². The number of imidazole rings is 1. The highest BCUT2D eigenvalue weighted by atomic mass is 35.5. The van der Waals surface area contributed by atoms with E-state index in [1.54, 1.807) is 4.57 Å². The Kier molecular flexibility index (Phi) is 6.39. The van der Waals surface area contributed by atoms with E-state index >= 15 is 0 Å². The molecule has 8 nitrogen and oxygen atoms in total. The van der Waals surface area contributed by atoms with Crippen LogP contribution in [-0.4, -0.2) is 37.4 Å². The minimum absolute atomic E-state index is 0.153. The Morgan fingerprint density at radius 2 is 1.89 bits per heavy atom. The number of nitrogens with zero attached hydrogens (tertiary/aromatic N) is 4. The molecule has 2 aliphatic carbocycles. The first-order valence-electron chi connectivity index (χ1n) is 11.7. The summed E-state index contributed by atoms with van der Waals surface area (Å²) in [6, 6.07) is 1.05. The second-order valence-corrected chi connectivity index (χ2v) is 9.83. The van der Waals surface area contributed by atoms with Crippen molar-refractivity contribution in [3.63, 3.8) is 0 Å². The van der Waals surface area contributed by atoms with E-state index in [9.17, 15) is 22.4 Å². The summed E-state index contributed by atoms with van der Waals surface area (Å²) in [6.45, 7) is 0. The molecule has 192 valence electrons. The van der Waals surface area contributed by atoms with Gasteiger partial charge in [-0.2, -0.15) is 4.98 Å². The molecule has 36 heavy (non-hydrogen) atoms. The number of fused-ring (bicyclic) bond motifs is 1. The molecule has 2 heterocycles. The average Bonchev–Trinajstić information content (AvgIpc) is 3.34. The zero-order chi connectivity index (χ0) is 25.6. The van der Waals surface area contributed by atoms with Crippen LogP contribution in [-0.2, 0) is 4.79 Å². The van der Waals surface area contributed by atoms with E-state index in [0.717, 1.165) is 6.07 Å². The van der Waals surface area contributed by atoms with Gasteiger partial charge >= 0.3 is 0 Å². The zero-order valence-electron chi connectivity index (χ0n) is 19.1. The van der Waals surface area contributed by atoms with Gasteiger partial charge in [-0.15, -0.1) is 0 Å². The molecule has 13 heteroatoms. The molecule has 2 saturated carbocycles. The van der Waals surface area contributed by atoms with Crippen molar-refractivity contribution in [3.8, 4) is 0 Å². The number of rotatable bonds is 6. The fraction of sp³-hybridized carbons (Fsp3) is 0.478. The summed E-state index contributed by atoms with van der Waals surface area (Å²) < 4.78 is 57.2. The number of hydrogen-bond donors (Lipinski definition) is 3. The van der Waals surface area contributed by atoms with Gasteiger partial charge in [0.15, 0.2) is 11.5 Å². The third-order valence-electron chi connectivity index (χ3n) is 6.88. The summed E-state index contributed by atoms with van der Waals surface area (Å²) in [5, 5.41) is 5.67. The molecule has 3 aromatic rings. The first kappa shape index (κ1) is 24.5. The number of nitrogens with two attached hydrogens (primary N) is 1. The van der Waals surface area contributed by atoms with Crippen LogP contribution in [0, 0.1) is 17.6 Å². The Morgan fingerprint density at radius 3 is 2.53 bits per heavy atom. The van der Waals surface area contributed by atoms with Gasteiger partial charge in [-0.25, -0.2) is 27.5 Å².